The van der Waals surface area contributed by atoms with Crippen LogP contribution in [-0.2, 0) is 23.9 Å². The predicted molar refractivity (Wildman–Crippen MR) is 141 cm³/mol. The summed E-state index contributed by atoms with van der Waals surface area (Å²) in [5.41, 5.74) is 0. The molecule has 8 nitrogen and oxygen atoms in total. The molecule has 0 rings (SSSR count). The standard InChI is InChI=1S/C28H51NO7/c1-2-36-22-21-29-26(31)20-19-24(28(34)35)23-25(30)17-15-13-11-9-7-5-3-4-6-8-10-12-14-16-18-27(32)33/h24H,2-23H2,1H3,(H,29,31)(H,32,33)(H,34,35). The smallest absolute Gasteiger partial charge is 0.306 e. The molecule has 1 amide bonds. The molecule has 0 fully saturated rings. The highest BCUT2D eigenvalue weighted by molar-refractivity contribution is 5.84. The highest BCUT2D eigenvalue weighted by Crippen LogP contribution is 2.17. The van der Waals surface area contributed by atoms with Gasteiger partial charge in [0.05, 0.1) is 12.5 Å². The van der Waals surface area contributed by atoms with E-state index < -0.39 is 17.9 Å². The lowest BCUT2D eigenvalue weighted by Gasteiger charge is -2.12. The van der Waals surface area contributed by atoms with E-state index in [4.69, 9.17) is 9.84 Å². The number of ketones is 1. The van der Waals surface area contributed by atoms with Gasteiger partial charge in [0.25, 0.3) is 0 Å². The van der Waals surface area contributed by atoms with Crippen LogP contribution in [0.1, 0.15) is 129 Å². The van der Waals surface area contributed by atoms with Crippen molar-refractivity contribution in [1.82, 2.24) is 5.32 Å². The maximum Gasteiger partial charge on any atom is 0.306 e. The normalized spacial score (nSPS) is 11.8. The van der Waals surface area contributed by atoms with E-state index in [1.807, 2.05) is 6.92 Å². The van der Waals surface area contributed by atoms with Crippen molar-refractivity contribution in [3.8, 4) is 0 Å². The molecule has 0 aromatic carbocycles. The van der Waals surface area contributed by atoms with E-state index in [1.54, 1.807) is 0 Å². The fraction of sp³-hybridized carbons (Fsp3) is 0.857. The zero-order chi connectivity index (χ0) is 26.9. The van der Waals surface area contributed by atoms with E-state index in [0.29, 0.717) is 32.6 Å². The van der Waals surface area contributed by atoms with Crippen LogP contribution in [0.3, 0.4) is 0 Å². The number of rotatable bonds is 27. The van der Waals surface area contributed by atoms with Crippen molar-refractivity contribution in [3.05, 3.63) is 0 Å². The third-order valence-corrected chi connectivity index (χ3v) is 6.41. The van der Waals surface area contributed by atoms with Gasteiger partial charge in [0.1, 0.15) is 5.78 Å². The number of carbonyl (C=O) groups is 4. The zero-order valence-corrected chi connectivity index (χ0v) is 22.6. The van der Waals surface area contributed by atoms with E-state index in [0.717, 1.165) is 38.5 Å². The summed E-state index contributed by atoms with van der Waals surface area (Å²) in [6.07, 6.45) is 16.7. The van der Waals surface area contributed by atoms with Gasteiger partial charge in [-0.05, 0) is 26.2 Å². The summed E-state index contributed by atoms with van der Waals surface area (Å²) in [6, 6.07) is 0. The minimum atomic E-state index is -1.01. The number of hydrogen-bond acceptors (Lipinski definition) is 5. The molecule has 0 aromatic heterocycles. The lowest BCUT2D eigenvalue weighted by atomic mass is 9.94. The van der Waals surface area contributed by atoms with Crippen molar-refractivity contribution in [3.63, 3.8) is 0 Å². The van der Waals surface area contributed by atoms with Crippen LogP contribution in [0.15, 0.2) is 0 Å². The molecule has 3 N–H and O–H groups in total. The first-order chi connectivity index (χ1) is 17.4. The molecular weight excluding hydrogens is 462 g/mol. The molecule has 210 valence electrons. The highest BCUT2D eigenvalue weighted by atomic mass is 16.5. The van der Waals surface area contributed by atoms with E-state index in [-0.39, 0.29) is 31.0 Å². The number of ether oxygens (including phenoxy) is 1. The number of carboxylic acids is 2. The molecule has 0 bridgehead atoms. The van der Waals surface area contributed by atoms with Gasteiger partial charge in [0, 0.05) is 38.8 Å². The Labute approximate surface area is 217 Å². The fourth-order valence-electron chi connectivity index (χ4n) is 4.21. The molecule has 8 heteroatoms. The van der Waals surface area contributed by atoms with Crippen molar-refractivity contribution in [2.24, 2.45) is 5.92 Å². The number of carbonyl (C=O) groups excluding carboxylic acids is 2. The number of unbranched alkanes of at least 4 members (excludes halogenated alkanes) is 13. The minimum absolute atomic E-state index is 0.00386. The van der Waals surface area contributed by atoms with Gasteiger partial charge < -0.3 is 20.3 Å². The molecule has 0 aliphatic heterocycles. The van der Waals surface area contributed by atoms with Crippen LogP contribution in [0.25, 0.3) is 0 Å². The van der Waals surface area contributed by atoms with Crippen LogP contribution in [0.2, 0.25) is 0 Å². The molecule has 1 unspecified atom stereocenters. The quantitative estimate of drug-likeness (QED) is 0.116. The average Bonchev–Trinajstić information content (AvgIpc) is 2.83. The topological polar surface area (TPSA) is 130 Å². The second kappa shape index (κ2) is 24.7. The molecule has 0 aliphatic carbocycles. The van der Waals surface area contributed by atoms with Gasteiger partial charge >= 0.3 is 11.9 Å². The van der Waals surface area contributed by atoms with Crippen LogP contribution in [0.5, 0.6) is 0 Å². The zero-order valence-electron chi connectivity index (χ0n) is 22.6. The van der Waals surface area contributed by atoms with Gasteiger partial charge in [0.15, 0.2) is 0 Å². The molecule has 0 aliphatic rings. The van der Waals surface area contributed by atoms with Crippen molar-refractivity contribution in [2.45, 2.75) is 129 Å². The Morgan fingerprint density at radius 3 is 1.61 bits per heavy atom. The Bertz CT molecular complexity index is 594. The van der Waals surface area contributed by atoms with Crippen LogP contribution in [0.4, 0.5) is 0 Å². The third kappa shape index (κ3) is 23.8. The summed E-state index contributed by atoms with van der Waals surface area (Å²) < 4.78 is 5.14. The highest BCUT2D eigenvalue weighted by Gasteiger charge is 2.21. The van der Waals surface area contributed by atoms with E-state index in [2.05, 4.69) is 5.32 Å². The summed E-state index contributed by atoms with van der Waals surface area (Å²) in [4.78, 5) is 45.9. The molecule has 0 spiro atoms. The Hall–Kier alpha value is -1.96. The predicted octanol–water partition coefficient (Wildman–Crippen LogP) is 5.91. The number of hydrogen-bond donors (Lipinski definition) is 3. The number of Topliss-reactive ketones (excluding diaryl/α,β-unsaturated/α-hetero) is 1. The largest absolute Gasteiger partial charge is 0.481 e. The summed E-state index contributed by atoms with van der Waals surface area (Å²) >= 11 is 0. The van der Waals surface area contributed by atoms with Gasteiger partial charge in [-0.15, -0.1) is 0 Å². The van der Waals surface area contributed by atoms with Crippen molar-refractivity contribution >= 4 is 23.6 Å². The maximum absolute atomic E-state index is 12.2. The van der Waals surface area contributed by atoms with E-state index in [1.165, 1.54) is 51.4 Å². The summed E-state index contributed by atoms with van der Waals surface area (Å²) in [6.45, 7) is 3.30. The molecule has 1 atom stereocenters. The van der Waals surface area contributed by atoms with Crippen molar-refractivity contribution < 1.29 is 34.1 Å². The Morgan fingerprint density at radius 2 is 1.17 bits per heavy atom. The molecule has 0 saturated heterocycles. The number of aliphatic carboxylic acids is 2. The first-order valence-corrected chi connectivity index (χ1v) is 14.2. The van der Waals surface area contributed by atoms with Gasteiger partial charge in [-0.25, -0.2) is 0 Å². The SMILES string of the molecule is CCOCCNC(=O)CCC(CC(=O)CCCCCCCCCCCCCCCCC(=O)O)C(=O)O. The fourth-order valence-corrected chi connectivity index (χ4v) is 4.21. The second-order valence-corrected chi connectivity index (χ2v) is 9.71. The van der Waals surface area contributed by atoms with Crippen LogP contribution in [-0.4, -0.2) is 53.6 Å². The molecule has 0 saturated carbocycles. The first kappa shape index (κ1) is 34.0. The lowest BCUT2D eigenvalue weighted by Crippen LogP contribution is -2.28. The molecular formula is C28H51NO7. The van der Waals surface area contributed by atoms with Crippen LogP contribution < -0.4 is 5.32 Å². The van der Waals surface area contributed by atoms with E-state index in [9.17, 15) is 24.3 Å². The second-order valence-electron chi connectivity index (χ2n) is 9.71. The molecule has 0 aromatic rings. The monoisotopic (exact) mass is 513 g/mol. The van der Waals surface area contributed by atoms with Gasteiger partial charge in [-0.3, -0.25) is 19.2 Å². The van der Waals surface area contributed by atoms with Gasteiger partial charge in [-0.2, -0.15) is 0 Å². The Kier molecular flexibility index (Phi) is 23.4. The van der Waals surface area contributed by atoms with Crippen LogP contribution >= 0.6 is 0 Å². The van der Waals surface area contributed by atoms with Crippen molar-refractivity contribution in [1.29, 1.82) is 0 Å². The molecule has 0 radical (unpaired) electrons. The number of nitrogens with one attached hydrogen (secondary N) is 1. The Balaban J connectivity index is 3.60. The van der Waals surface area contributed by atoms with Gasteiger partial charge in [-0.1, -0.05) is 77.0 Å². The first-order valence-electron chi connectivity index (χ1n) is 14.2. The summed E-state index contributed by atoms with van der Waals surface area (Å²) in [5.74, 6) is -2.75. The maximum atomic E-state index is 12.2. The average molecular weight is 514 g/mol. The molecule has 0 heterocycles. The van der Waals surface area contributed by atoms with E-state index >= 15 is 0 Å². The Morgan fingerprint density at radius 1 is 0.694 bits per heavy atom. The van der Waals surface area contributed by atoms with Gasteiger partial charge in [0.2, 0.25) is 5.91 Å². The third-order valence-electron chi connectivity index (χ3n) is 6.41. The van der Waals surface area contributed by atoms with Crippen LogP contribution in [0, 0.1) is 5.92 Å². The summed E-state index contributed by atoms with van der Waals surface area (Å²) in [5, 5.41) is 20.7. The number of amides is 1. The summed E-state index contributed by atoms with van der Waals surface area (Å²) in [7, 11) is 0. The van der Waals surface area contributed by atoms with Crippen molar-refractivity contribution in [2.75, 3.05) is 19.8 Å². The lowest BCUT2D eigenvalue weighted by molar-refractivity contribution is -0.144. The number of carboxylic acid groups (broad SMARTS) is 2. The minimum Gasteiger partial charge on any atom is -0.481 e. The molecule has 36 heavy (non-hydrogen) atoms.